The normalized spacial score (nSPS) is 10.6. The van der Waals surface area contributed by atoms with Crippen LogP contribution in [0.25, 0.3) is 5.52 Å². The van der Waals surface area contributed by atoms with E-state index in [9.17, 15) is 4.79 Å². The molecule has 0 fully saturated rings. The van der Waals surface area contributed by atoms with E-state index >= 15 is 0 Å². The van der Waals surface area contributed by atoms with Gasteiger partial charge in [-0.2, -0.15) is 0 Å². The van der Waals surface area contributed by atoms with Gasteiger partial charge < -0.3 is 14.5 Å². The second-order valence-electron chi connectivity index (χ2n) is 5.53. The maximum absolute atomic E-state index is 12.4. The molecule has 0 aliphatic carbocycles. The van der Waals surface area contributed by atoms with Crippen LogP contribution in [0.1, 0.15) is 10.4 Å². The highest BCUT2D eigenvalue weighted by atomic mass is 16.5. The Bertz CT molecular complexity index is 1010. The van der Waals surface area contributed by atoms with E-state index in [0.717, 1.165) is 11.3 Å². The summed E-state index contributed by atoms with van der Waals surface area (Å²) < 4.78 is 7.59. The lowest BCUT2D eigenvalue weighted by Crippen LogP contribution is -2.12. The first-order valence-corrected chi connectivity index (χ1v) is 7.84. The van der Waals surface area contributed by atoms with Crippen molar-refractivity contribution in [1.82, 2.24) is 9.38 Å². The summed E-state index contributed by atoms with van der Waals surface area (Å²) in [5, 5.41) is 2.88. The summed E-state index contributed by atoms with van der Waals surface area (Å²) in [7, 11) is 0. The lowest BCUT2D eigenvalue weighted by atomic mass is 10.2. The van der Waals surface area contributed by atoms with Gasteiger partial charge >= 0.3 is 0 Å². The molecular weight excluding hydrogens is 314 g/mol. The molecular formula is C20H15N3O2. The number of anilines is 1. The van der Waals surface area contributed by atoms with E-state index in [0.29, 0.717) is 17.0 Å². The Morgan fingerprint density at radius 2 is 1.72 bits per heavy atom. The summed E-state index contributed by atoms with van der Waals surface area (Å²) in [4.78, 5) is 16.4. The number of hydrogen-bond donors (Lipinski definition) is 1. The minimum Gasteiger partial charge on any atom is -0.457 e. The van der Waals surface area contributed by atoms with Gasteiger partial charge in [-0.05, 0) is 48.5 Å². The molecule has 0 bridgehead atoms. The average molecular weight is 329 g/mol. The van der Waals surface area contributed by atoms with Crippen molar-refractivity contribution in [1.29, 1.82) is 0 Å². The minimum absolute atomic E-state index is 0.166. The topological polar surface area (TPSA) is 55.6 Å². The quantitative estimate of drug-likeness (QED) is 0.604. The summed E-state index contributed by atoms with van der Waals surface area (Å²) in [5.41, 5.74) is 2.16. The molecule has 2 aromatic heterocycles. The van der Waals surface area contributed by atoms with Crippen molar-refractivity contribution in [3.63, 3.8) is 0 Å². The standard InChI is InChI=1S/C20H15N3O2/c24-20(15-10-11-23-14-21-13-17(23)12-15)22-16-6-8-19(9-7-16)25-18-4-2-1-3-5-18/h1-14H,(H,22,24). The summed E-state index contributed by atoms with van der Waals surface area (Å²) in [6.45, 7) is 0. The fraction of sp³-hybridized carbons (Fsp3) is 0. The zero-order valence-electron chi connectivity index (χ0n) is 13.3. The molecule has 0 unspecified atom stereocenters. The van der Waals surface area contributed by atoms with Gasteiger partial charge in [-0.1, -0.05) is 18.2 Å². The van der Waals surface area contributed by atoms with Gasteiger partial charge in [0.2, 0.25) is 0 Å². The highest BCUT2D eigenvalue weighted by Gasteiger charge is 2.07. The third-order valence-corrected chi connectivity index (χ3v) is 3.77. The zero-order chi connectivity index (χ0) is 17.1. The van der Waals surface area contributed by atoms with E-state index in [1.54, 1.807) is 24.7 Å². The molecule has 1 amide bonds. The number of hydrogen-bond acceptors (Lipinski definition) is 3. The molecule has 2 aromatic carbocycles. The number of ether oxygens (including phenoxy) is 1. The molecule has 0 spiro atoms. The van der Waals surface area contributed by atoms with Gasteiger partial charge in [0, 0.05) is 17.4 Å². The van der Waals surface area contributed by atoms with Gasteiger partial charge in [0.25, 0.3) is 5.91 Å². The number of nitrogens with zero attached hydrogens (tertiary/aromatic N) is 2. The number of pyridine rings is 1. The molecule has 1 N–H and O–H groups in total. The van der Waals surface area contributed by atoms with Crippen LogP contribution >= 0.6 is 0 Å². The molecule has 0 aliphatic heterocycles. The highest BCUT2D eigenvalue weighted by molar-refractivity contribution is 6.04. The SMILES string of the molecule is O=C(Nc1ccc(Oc2ccccc2)cc1)c1ccn2cncc2c1. The summed E-state index contributed by atoms with van der Waals surface area (Å²) in [6, 6.07) is 20.4. The van der Waals surface area contributed by atoms with Crippen LogP contribution in [-0.2, 0) is 0 Å². The van der Waals surface area contributed by atoms with Crippen molar-refractivity contribution in [3.05, 3.63) is 91.0 Å². The van der Waals surface area contributed by atoms with Crippen LogP contribution < -0.4 is 10.1 Å². The van der Waals surface area contributed by atoms with Crippen LogP contribution in [-0.4, -0.2) is 15.3 Å². The summed E-state index contributed by atoms with van der Waals surface area (Å²) >= 11 is 0. The average Bonchev–Trinajstić information content (AvgIpc) is 3.12. The number of rotatable bonds is 4. The fourth-order valence-corrected chi connectivity index (χ4v) is 2.49. The lowest BCUT2D eigenvalue weighted by Gasteiger charge is -2.08. The Morgan fingerprint density at radius 3 is 2.52 bits per heavy atom. The molecule has 4 aromatic rings. The number of aromatic nitrogens is 2. The number of carbonyl (C=O) groups is 1. The van der Waals surface area contributed by atoms with E-state index < -0.39 is 0 Å². The Morgan fingerprint density at radius 1 is 0.960 bits per heavy atom. The van der Waals surface area contributed by atoms with Crippen LogP contribution in [0.5, 0.6) is 11.5 Å². The number of nitrogens with one attached hydrogen (secondary N) is 1. The van der Waals surface area contributed by atoms with E-state index in [1.807, 2.05) is 65.2 Å². The maximum atomic E-state index is 12.4. The second-order valence-corrected chi connectivity index (χ2v) is 5.53. The molecule has 0 radical (unpaired) electrons. The molecule has 0 saturated carbocycles. The number of imidazole rings is 1. The largest absolute Gasteiger partial charge is 0.457 e. The Balaban J connectivity index is 1.46. The Kier molecular flexibility index (Phi) is 3.88. The predicted octanol–water partition coefficient (Wildman–Crippen LogP) is 4.38. The molecule has 5 heteroatoms. The molecule has 0 saturated heterocycles. The van der Waals surface area contributed by atoms with Crippen LogP contribution in [0.3, 0.4) is 0 Å². The van der Waals surface area contributed by atoms with Crippen LogP contribution in [0, 0.1) is 0 Å². The van der Waals surface area contributed by atoms with Crippen molar-refractivity contribution >= 4 is 17.1 Å². The first-order valence-electron chi connectivity index (χ1n) is 7.84. The summed E-state index contributed by atoms with van der Waals surface area (Å²) in [5.74, 6) is 1.32. The third kappa shape index (κ3) is 3.35. The first-order chi connectivity index (χ1) is 12.3. The van der Waals surface area contributed by atoms with Gasteiger partial charge in [0.15, 0.2) is 0 Å². The minimum atomic E-state index is -0.166. The van der Waals surface area contributed by atoms with Gasteiger partial charge in [-0.3, -0.25) is 4.79 Å². The number of benzene rings is 2. The number of amides is 1. The smallest absolute Gasteiger partial charge is 0.255 e. The van der Waals surface area contributed by atoms with Crippen molar-refractivity contribution in [3.8, 4) is 11.5 Å². The van der Waals surface area contributed by atoms with Crippen molar-refractivity contribution in [2.45, 2.75) is 0 Å². The van der Waals surface area contributed by atoms with Crippen LogP contribution in [0.2, 0.25) is 0 Å². The molecule has 4 rings (SSSR count). The van der Waals surface area contributed by atoms with E-state index in [-0.39, 0.29) is 5.91 Å². The third-order valence-electron chi connectivity index (χ3n) is 3.77. The number of carbonyl (C=O) groups excluding carboxylic acids is 1. The fourth-order valence-electron chi connectivity index (χ4n) is 2.49. The molecule has 2 heterocycles. The second kappa shape index (κ2) is 6.49. The van der Waals surface area contributed by atoms with E-state index in [4.69, 9.17) is 4.74 Å². The highest BCUT2D eigenvalue weighted by Crippen LogP contribution is 2.23. The summed E-state index contributed by atoms with van der Waals surface area (Å²) in [6.07, 6.45) is 5.23. The van der Waals surface area contributed by atoms with Crippen LogP contribution in [0.4, 0.5) is 5.69 Å². The number of para-hydroxylation sites is 1. The van der Waals surface area contributed by atoms with Crippen molar-refractivity contribution in [2.24, 2.45) is 0 Å². The number of fused-ring (bicyclic) bond motifs is 1. The molecule has 122 valence electrons. The van der Waals surface area contributed by atoms with Crippen molar-refractivity contribution < 1.29 is 9.53 Å². The molecule has 0 aliphatic rings. The van der Waals surface area contributed by atoms with E-state index in [2.05, 4.69) is 10.3 Å². The van der Waals surface area contributed by atoms with Crippen molar-refractivity contribution in [2.75, 3.05) is 5.32 Å². The van der Waals surface area contributed by atoms with Gasteiger partial charge in [0.1, 0.15) is 11.5 Å². The van der Waals surface area contributed by atoms with Crippen LogP contribution in [0.15, 0.2) is 85.5 Å². The predicted molar refractivity (Wildman–Crippen MR) is 96.1 cm³/mol. The molecule has 25 heavy (non-hydrogen) atoms. The first kappa shape index (κ1) is 15.0. The molecule has 5 nitrogen and oxygen atoms in total. The zero-order valence-corrected chi connectivity index (χ0v) is 13.3. The maximum Gasteiger partial charge on any atom is 0.255 e. The monoisotopic (exact) mass is 329 g/mol. The Labute approximate surface area is 144 Å². The van der Waals surface area contributed by atoms with E-state index in [1.165, 1.54) is 0 Å². The van der Waals surface area contributed by atoms with Gasteiger partial charge in [-0.15, -0.1) is 0 Å². The Hall–Kier alpha value is -3.60. The van der Waals surface area contributed by atoms with Gasteiger partial charge in [-0.25, -0.2) is 4.98 Å². The lowest BCUT2D eigenvalue weighted by molar-refractivity contribution is 0.102. The van der Waals surface area contributed by atoms with Gasteiger partial charge in [0.05, 0.1) is 18.0 Å². The molecule has 0 atom stereocenters.